The minimum atomic E-state index is -0.156. The van der Waals surface area contributed by atoms with Gasteiger partial charge in [0.15, 0.2) is 5.82 Å². The molecule has 3 aromatic heterocycles. The van der Waals surface area contributed by atoms with Crippen LogP contribution in [0.25, 0.3) is 5.78 Å². The number of aryl methyl sites for hydroxylation is 2. The van der Waals surface area contributed by atoms with Gasteiger partial charge < -0.3 is 9.73 Å². The van der Waals surface area contributed by atoms with E-state index < -0.39 is 0 Å². The van der Waals surface area contributed by atoms with Crippen LogP contribution in [0, 0.1) is 13.8 Å². The average Bonchev–Trinajstić information content (AvgIpc) is 3.05. The third-order valence-electron chi connectivity index (χ3n) is 3.02. The maximum absolute atomic E-state index is 11.9. The predicted molar refractivity (Wildman–Crippen MR) is 74.5 cm³/mol. The molecular formula is C14H15N5O2. The lowest BCUT2D eigenvalue weighted by Gasteiger charge is -2.00. The highest BCUT2D eigenvalue weighted by Crippen LogP contribution is 2.06. The van der Waals surface area contributed by atoms with Gasteiger partial charge in [-0.2, -0.15) is 4.98 Å². The largest absolute Gasteiger partial charge is 0.467 e. The summed E-state index contributed by atoms with van der Waals surface area (Å²) in [6.07, 6.45) is 1.69. The number of carbonyl (C=O) groups is 1. The minimum absolute atomic E-state index is 0.114. The summed E-state index contributed by atoms with van der Waals surface area (Å²) in [6.45, 7) is 4.18. The molecule has 3 rings (SSSR count). The Morgan fingerprint density at radius 1 is 1.38 bits per heavy atom. The Balaban J connectivity index is 1.69. The van der Waals surface area contributed by atoms with Crippen molar-refractivity contribution in [1.29, 1.82) is 0 Å². The number of amides is 1. The Bertz CT molecular complexity index is 776. The summed E-state index contributed by atoms with van der Waals surface area (Å²) >= 11 is 0. The summed E-state index contributed by atoms with van der Waals surface area (Å²) in [5.41, 5.74) is 1.81. The van der Waals surface area contributed by atoms with Crippen molar-refractivity contribution in [3.05, 3.63) is 47.4 Å². The van der Waals surface area contributed by atoms with E-state index in [2.05, 4.69) is 20.4 Å². The molecule has 3 aromatic rings. The lowest BCUT2D eigenvalue weighted by atomic mass is 10.3. The molecule has 0 bridgehead atoms. The molecule has 21 heavy (non-hydrogen) atoms. The monoisotopic (exact) mass is 285 g/mol. The second-order valence-electron chi connectivity index (χ2n) is 4.81. The van der Waals surface area contributed by atoms with Crippen LogP contribution in [0.2, 0.25) is 0 Å². The Hall–Kier alpha value is -2.70. The van der Waals surface area contributed by atoms with Crippen LogP contribution >= 0.6 is 0 Å². The lowest BCUT2D eigenvalue weighted by molar-refractivity contribution is -0.120. The van der Waals surface area contributed by atoms with E-state index in [1.807, 2.05) is 19.9 Å². The van der Waals surface area contributed by atoms with E-state index in [1.165, 1.54) is 0 Å². The summed E-state index contributed by atoms with van der Waals surface area (Å²) < 4.78 is 6.79. The maximum atomic E-state index is 11.9. The molecule has 0 saturated heterocycles. The van der Waals surface area contributed by atoms with Crippen LogP contribution in [0.15, 0.2) is 28.9 Å². The van der Waals surface area contributed by atoms with Gasteiger partial charge in [0.2, 0.25) is 5.91 Å². The molecule has 7 nitrogen and oxygen atoms in total. The molecule has 7 heteroatoms. The molecule has 0 saturated carbocycles. The second-order valence-corrected chi connectivity index (χ2v) is 4.81. The average molecular weight is 285 g/mol. The molecule has 0 aliphatic rings. The van der Waals surface area contributed by atoms with Gasteiger partial charge in [0.05, 0.1) is 19.2 Å². The standard InChI is InChI=1S/C14H15N5O2/c1-9-6-10(2)19-14(16-9)17-12(18-19)7-13(20)15-8-11-4-3-5-21-11/h3-6H,7-8H2,1-2H3,(H,15,20). The van der Waals surface area contributed by atoms with E-state index in [1.54, 1.807) is 22.9 Å². The minimum Gasteiger partial charge on any atom is -0.467 e. The zero-order valence-corrected chi connectivity index (χ0v) is 11.8. The highest BCUT2D eigenvalue weighted by atomic mass is 16.3. The topological polar surface area (TPSA) is 85.3 Å². The summed E-state index contributed by atoms with van der Waals surface area (Å²) in [5, 5.41) is 7.06. The van der Waals surface area contributed by atoms with Gasteiger partial charge in [-0.3, -0.25) is 4.79 Å². The highest BCUT2D eigenvalue weighted by molar-refractivity contribution is 5.77. The predicted octanol–water partition coefficient (Wildman–Crippen LogP) is 1.19. The molecule has 0 spiro atoms. The Labute approximate surface area is 121 Å². The fourth-order valence-corrected chi connectivity index (χ4v) is 2.09. The molecule has 0 unspecified atom stereocenters. The SMILES string of the molecule is Cc1cc(C)n2nc(CC(=O)NCc3ccco3)nc2n1. The highest BCUT2D eigenvalue weighted by Gasteiger charge is 2.11. The molecule has 0 radical (unpaired) electrons. The number of furan rings is 1. The number of carbonyl (C=O) groups excluding carboxylic acids is 1. The van der Waals surface area contributed by atoms with Gasteiger partial charge in [-0.25, -0.2) is 9.50 Å². The number of hydrogen-bond acceptors (Lipinski definition) is 5. The molecule has 0 aliphatic carbocycles. The molecule has 0 aliphatic heterocycles. The van der Waals surface area contributed by atoms with Crippen molar-refractivity contribution in [1.82, 2.24) is 24.9 Å². The van der Waals surface area contributed by atoms with E-state index in [-0.39, 0.29) is 12.3 Å². The van der Waals surface area contributed by atoms with Crippen LogP contribution in [0.4, 0.5) is 0 Å². The zero-order chi connectivity index (χ0) is 14.8. The van der Waals surface area contributed by atoms with E-state index in [4.69, 9.17) is 4.42 Å². The number of nitrogens with one attached hydrogen (secondary N) is 1. The zero-order valence-electron chi connectivity index (χ0n) is 11.8. The van der Waals surface area contributed by atoms with Crippen molar-refractivity contribution < 1.29 is 9.21 Å². The van der Waals surface area contributed by atoms with Gasteiger partial charge in [-0.05, 0) is 32.0 Å². The number of aromatic nitrogens is 4. The third kappa shape index (κ3) is 2.91. The van der Waals surface area contributed by atoms with E-state index in [0.717, 1.165) is 11.4 Å². The van der Waals surface area contributed by atoms with E-state index in [9.17, 15) is 4.79 Å². The number of rotatable bonds is 4. The smallest absolute Gasteiger partial charge is 0.252 e. The fraction of sp³-hybridized carbons (Fsp3) is 0.286. The fourth-order valence-electron chi connectivity index (χ4n) is 2.09. The molecule has 0 fully saturated rings. The lowest BCUT2D eigenvalue weighted by Crippen LogP contribution is -2.24. The van der Waals surface area contributed by atoms with Crippen LogP contribution in [0.1, 0.15) is 23.0 Å². The molecule has 3 heterocycles. The first-order valence-corrected chi connectivity index (χ1v) is 6.61. The normalized spacial score (nSPS) is 11.0. The molecular weight excluding hydrogens is 270 g/mol. The van der Waals surface area contributed by atoms with Gasteiger partial charge >= 0.3 is 0 Å². The summed E-state index contributed by atoms with van der Waals surface area (Å²) in [5.74, 6) is 1.52. The number of fused-ring (bicyclic) bond motifs is 1. The summed E-state index contributed by atoms with van der Waals surface area (Å²) in [6, 6.07) is 5.50. The van der Waals surface area contributed by atoms with Gasteiger partial charge in [0.1, 0.15) is 5.76 Å². The van der Waals surface area contributed by atoms with Crippen LogP contribution < -0.4 is 5.32 Å². The third-order valence-corrected chi connectivity index (χ3v) is 3.02. The van der Waals surface area contributed by atoms with Crippen molar-refractivity contribution >= 4 is 11.7 Å². The van der Waals surface area contributed by atoms with Crippen molar-refractivity contribution in [3.63, 3.8) is 0 Å². The Morgan fingerprint density at radius 3 is 3.00 bits per heavy atom. The Kier molecular flexibility index (Phi) is 3.39. The molecule has 0 aromatic carbocycles. The summed E-state index contributed by atoms with van der Waals surface area (Å²) in [4.78, 5) is 20.4. The molecule has 1 amide bonds. The van der Waals surface area contributed by atoms with Gasteiger partial charge in [0, 0.05) is 11.4 Å². The first-order chi connectivity index (χ1) is 10.1. The molecule has 1 N–H and O–H groups in total. The quantitative estimate of drug-likeness (QED) is 0.778. The van der Waals surface area contributed by atoms with Crippen molar-refractivity contribution in [2.75, 3.05) is 0 Å². The van der Waals surface area contributed by atoms with E-state index >= 15 is 0 Å². The van der Waals surface area contributed by atoms with Crippen LogP contribution in [0.3, 0.4) is 0 Å². The Morgan fingerprint density at radius 2 is 2.24 bits per heavy atom. The van der Waals surface area contributed by atoms with Crippen molar-refractivity contribution in [2.24, 2.45) is 0 Å². The van der Waals surface area contributed by atoms with Crippen LogP contribution in [-0.4, -0.2) is 25.5 Å². The van der Waals surface area contributed by atoms with Crippen molar-refractivity contribution in [3.8, 4) is 0 Å². The first-order valence-electron chi connectivity index (χ1n) is 6.61. The summed E-state index contributed by atoms with van der Waals surface area (Å²) in [7, 11) is 0. The number of nitrogens with zero attached hydrogens (tertiary/aromatic N) is 4. The van der Waals surface area contributed by atoms with Crippen LogP contribution in [-0.2, 0) is 17.8 Å². The maximum Gasteiger partial charge on any atom is 0.252 e. The number of hydrogen-bond donors (Lipinski definition) is 1. The van der Waals surface area contributed by atoms with Gasteiger partial charge in [-0.15, -0.1) is 5.10 Å². The van der Waals surface area contributed by atoms with Gasteiger partial charge in [-0.1, -0.05) is 0 Å². The second kappa shape index (κ2) is 5.35. The first kappa shape index (κ1) is 13.3. The molecule has 108 valence electrons. The van der Waals surface area contributed by atoms with Crippen LogP contribution in [0.5, 0.6) is 0 Å². The van der Waals surface area contributed by atoms with Crippen molar-refractivity contribution in [2.45, 2.75) is 26.8 Å². The van der Waals surface area contributed by atoms with Gasteiger partial charge in [0.25, 0.3) is 5.78 Å². The van der Waals surface area contributed by atoms with E-state index in [0.29, 0.717) is 23.9 Å². The molecule has 0 atom stereocenters.